The van der Waals surface area contributed by atoms with Gasteiger partial charge in [-0.3, -0.25) is 0 Å². The van der Waals surface area contributed by atoms with Crippen LogP contribution in [0.15, 0.2) is 164 Å². The maximum atomic E-state index is 14.6. The summed E-state index contributed by atoms with van der Waals surface area (Å²) < 4.78 is 46.0. The Labute approximate surface area is 295 Å². The summed E-state index contributed by atoms with van der Waals surface area (Å²) in [4.78, 5) is 0. The zero-order valence-electron chi connectivity index (χ0n) is 27.1. The standard InChI is InChI=1S/C47H27F3S/c48-47(49,50)46-36-21-10-8-19-34(36)43(35-20-9-11-22-37(35)46)29-25-26-38-41(27-29)51-40-24-12-23-39(45(38)40)44-32-17-6-4-15-30(32)42(28-13-2-1-3-14-28)31-16-5-7-18-33(31)44/h1-27H. The summed E-state index contributed by atoms with van der Waals surface area (Å²) in [6.45, 7) is 0. The van der Waals surface area contributed by atoms with Gasteiger partial charge in [0.25, 0.3) is 0 Å². The first-order valence-electron chi connectivity index (χ1n) is 16.9. The zero-order chi connectivity index (χ0) is 34.3. The van der Waals surface area contributed by atoms with Crippen LogP contribution in [0.4, 0.5) is 13.2 Å². The molecule has 10 aromatic rings. The number of fused-ring (bicyclic) bond motifs is 7. The molecule has 0 N–H and O–H groups in total. The second kappa shape index (κ2) is 11.3. The zero-order valence-corrected chi connectivity index (χ0v) is 27.9. The lowest BCUT2D eigenvalue weighted by molar-refractivity contribution is -0.135. The fourth-order valence-corrected chi connectivity index (χ4v) is 9.44. The fourth-order valence-electron chi connectivity index (χ4n) is 8.27. The molecule has 242 valence electrons. The Kier molecular flexibility index (Phi) is 6.61. The number of benzene rings is 9. The Morgan fingerprint density at radius 1 is 0.353 bits per heavy atom. The molecule has 0 amide bonds. The van der Waals surface area contributed by atoms with E-state index in [0.717, 1.165) is 21.2 Å². The van der Waals surface area contributed by atoms with Crippen LogP contribution >= 0.6 is 11.3 Å². The van der Waals surface area contributed by atoms with Crippen LogP contribution in [0.5, 0.6) is 0 Å². The summed E-state index contributed by atoms with van der Waals surface area (Å²) in [5.41, 5.74) is 5.93. The van der Waals surface area contributed by atoms with Crippen LogP contribution in [-0.4, -0.2) is 0 Å². The first kappa shape index (κ1) is 29.9. The van der Waals surface area contributed by atoms with Crippen molar-refractivity contribution in [1.82, 2.24) is 0 Å². The molecule has 0 saturated heterocycles. The Hall–Kier alpha value is -5.97. The second-order valence-electron chi connectivity index (χ2n) is 13.0. The van der Waals surface area contributed by atoms with E-state index in [4.69, 9.17) is 0 Å². The number of alkyl halides is 3. The summed E-state index contributed by atoms with van der Waals surface area (Å²) in [7, 11) is 0. The lowest BCUT2D eigenvalue weighted by Crippen LogP contribution is -2.07. The highest BCUT2D eigenvalue weighted by atomic mass is 32.1. The van der Waals surface area contributed by atoms with Crippen LogP contribution in [0.2, 0.25) is 0 Å². The van der Waals surface area contributed by atoms with Gasteiger partial charge in [0.1, 0.15) is 0 Å². The van der Waals surface area contributed by atoms with Gasteiger partial charge in [-0.15, -0.1) is 11.3 Å². The van der Waals surface area contributed by atoms with Gasteiger partial charge in [0.15, 0.2) is 0 Å². The van der Waals surface area contributed by atoms with Crippen molar-refractivity contribution in [2.75, 3.05) is 0 Å². The fraction of sp³-hybridized carbons (Fsp3) is 0.0213. The number of halogens is 3. The third-order valence-corrected chi connectivity index (χ3v) is 11.4. The van der Waals surface area contributed by atoms with Crippen molar-refractivity contribution in [3.8, 4) is 33.4 Å². The van der Waals surface area contributed by atoms with Crippen molar-refractivity contribution in [2.24, 2.45) is 0 Å². The van der Waals surface area contributed by atoms with E-state index in [1.54, 1.807) is 35.6 Å². The third-order valence-electron chi connectivity index (χ3n) is 10.3. The largest absolute Gasteiger partial charge is 0.417 e. The molecule has 0 nitrogen and oxygen atoms in total. The number of rotatable bonds is 3. The summed E-state index contributed by atoms with van der Waals surface area (Å²) in [6.07, 6.45) is -4.49. The van der Waals surface area contributed by atoms with E-state index in [1.165, 1.54) is 53.9 Å². The van der Waals surface area contributed by atoms with Crippen molar-refractivity contribution in [1.29, 1.82) is 0 Å². The Morgan fingerprint density at radius 3 is 1.37 bits per heavy atom. The SMILES string of the molecule is FC(F)(F)c1c2ccccc2c(-c2ccc3c(c2)sc2cccc(-c4c5ccccc5c(-c5ccccc5)c5ccccc45)c23)c2ccccc12. The van der Waals surface area contributed by atoms with E-state index in [2.05, 4.69) is 115 Å². The lowest BCUT2D eigenvalue weighted by atomic mass is 9.85. The van der Waals surface area contributed by atoms with Gasteiger partial charge in [0.2, 0.25) is 0 Å². The highest BCUT2D eigenvalue weighted by Gasteiger charge is 2.35. The summed E-state index contributed by atoms with van der Waals surface area (Å²) >= 11 is 1.73. The van der Waals surface area contributed by atoms with Gasteiger partial charge < -0.3 is 0 Å². The van der Waals surface area contributed by atoms with Crippen molar-refractivity contribution in [3.05, 3.63) is 169 Å². The molecule has 1 aromatic heterocycles. The highest BCUT2D eigenvalue weighted by Crippen LogP contribution is 2.50. The minimum absolute atomic E-state index is 0.218. The predicted molar refractivity (Wildman–Crippen MR) is 211 cm³/mol. The summed E-state index contributed by atoms with van der Waals surface area (Å²) in [6, 6.07) is 54.8. The van der Waals surface area contributed by atoms with Gasteiger partial charge >= 0.3 is 6.18 Å². The molecule has 10 rings (SSSR count). The quantitative estimate of drug-likeness (QED) is 0.163. The minimum atomic E-state index is -4.49. The van der Waals surface area contributed by atoms with Crippen LogP contribution in [0.25, 0.3) is 96.6 Å². The molecule has 0 aliphatic rings. The van der Waals surface area contributed by atoms with E-state index in [9.17, 15) is 13.2 Å². The topological polar surface area (TPSA) is 0 Å². The maximum absolute atomic E-state index is 14.6. The van der Waals surface area contributed by atoms with Gasteiger partial charge in [-0.05, 0) is 88.6 Å². The molecule has 0 fully saturated rings. The molecule has 0 spiro atoms. The molecule has 1 heterocycles. The number of hydrogen-bond donors (Lipinski definition) is 0. The molecule has 0 aliphatic heterocycles. The molecule has 0 unspecified atom stereocenters. The predicted octanol–water partition coefficient (Wildman–Crippen LogP) is 14.7. The van der Waals surface area contributed by atoms with Crippen LogP contribution in [0.1, 0.15) is 5.56 Å². The van der Waals surface area contributed by atoms with Gasteiger partial charge in [0, 0.05) is 20.2 Å². The van der Waals surface area contributed by atoms with Crippen molar-refractivity contribution >= 4 is 74.6 Å². The first-order valence-corrected chi connectivity index (χ1v) is 17.7. The van der Waals surface area contributed by atoms with E-state index in [1.807, 2.05) is 24.3 Å². The Morgan fingerprint density at radius 2 is 0.824 bits per heavy atom. The summed E-state index contributed by atoms with van der Waals surface area (Å²) in [5, 5.41) is 8.76. The summed E-state index contributed by atoms with van der Waals surface area (Å²) in [5.74, 6) is 0. The van der Waals surface area contributed by atoms with Gasteiger partial charge in [0.05, 0.1) is 5.56 Å². The normalized spacial score (nSPS) is 12.2. The smallest absolute Gasteiger partial charge is 0.166 e. The molecular weight excluding hydrogens is 654 g/mol. The Balaban J connectivity index is 1.26. The van der Waals surface area contributed by atoms with Gasteiger partial charge in [-0.25, -0.2) is 0 Å². The van der Waals surface area contributed by atoms with E-state index >= 15 is 0 Å². The van der Waals surface area contributed by atoms with Crippen molar-refractivity contribution < 1.29 is 13.2 Å². The molecule has 0 saturated carbocycles. The van der Waals surface area contributed by atoms with Crippen LogP contribution in [0, 0.1) is 0 Å². The average molecular weight is 681 g/mol. The molecule has 51 heavy (non-hydrogen) atoms. The monoisotopic (exact) mass is 680 g/mol. The van der Waals surface area contributed by atoms with Crippen LogP contribution in [0.3, 0.4) is 0 Å². The van der Waals surface area contributed by atoms with E-state index < -0.39 is 11.7 Å². The molecule has 0 radical (unpaired) electrons. The van der Waals surface area contributed by atoms with Crippen molar-refractivity contribution in [3.63, 3.8) is 0 Å². The van der Waals surface area contributed by atoms with E-state index in [-0.39, 0.29) is 10.8 Å². The van der Waals surface area contributed by atoms with E-state index in [0.29, 0.717) is 10.8 Å². The molecule has 4 heteroatoms. The molecule has 9 aromatic carbocycles. The second-order valence-corrected chi connectivity index (χ2v) is 14.1. The van der Waals surface area contributed by atoms with Gasteiger partial charge in [-0.2, -0.15) is 13.2 Å². The first-order chi connectivity index (χ1) is 25.0. The van der Waals surface area contributed by atoms with Crippen molar-refractivity contribution in [2.45, 2.75) is 6.18 Å². The number of hydrogen-bond acceptors (Lipinski definition) is 1. The maximum Gasteiger partial charge on any atom is 0.417 e. The molecule has 0 aliphatic carbocycles. The molecule has 0 bridgehead atoms. The van der Waals surface area contributed by atoms with Crippen LogP contribution < -0.4 is 0 Å². The lowest BCUT2D eigenvalue weighted by Gasteiger charge is -2.19. The Bertz CT molecular complexity index is 2890. The molecular formula is C47H27F3S. The molecule has 0 atom stereocenters. The van der Waals surface area contributed by atoms with Crippen LogP contribution in [-0.2, 0) is 6.18 Å². The van der Waals surface area contributed by atoms with Gasteiger partial charge in [-0.1, -0.05) is 152 Å². The highest BCUT2D eigenvalue weighted by molar-refractivity contribution is 7.26. The minimum Gasteiger partial charge on any atom is -0.166 e. The number of thiophene rings is 1. The average Bonchev–Trinajstić information content (AvgIpc) is 3.54. The third kappa shape index (κ3) is 4.53.